The quantitative estimate of drug-likeness (QED) is 0.838. The fourth-order valence-electron chi connectivity index (χ4n) is 3.69. The van der Waals surface area contributed by atoms with Gasteiger partial charge in [0, 0.05) is 23.9 Å². The van der Waals surface area contributed by atoms with Gasteiger partial charge in [-0.2, -0.15) is 5.26 Å². The highest BCUT2D eigenvalue weighted by Gasteiger charge is 2.45. The van der Waals surface area contributed by atoms with E-state index >= 15 is 0 Å². The molecule has 5 heteroatoms. The summed E-state index contributed by atoms with van der Waals surface area (Å²) in [5.41, 5.74) is 0.365. The summed E-state index contributed by atoms with van der Waals surface area (Å²) in [5, 5.41) is 10.7. The molecule has 1 atom stereocenters. The molecular formula is C17H23N3OS. The van der Waals surface area contributed by atoms with Crippen LogP contribution >= 0.6 is 11.3 Å². The number of carbonyl (C=O) groups is 1. The molecule has 2 fully saturated rings. The topological polar surface area (TPSA) is 57.0 Å². The SMILES string of the molecule is Cc1nc([C@H]2CCCN(C(=O)C3(C#N)CCCC3)C2)sc1C. The van der Waals surface area contributed by atoms with Crippen molar-refractivity contribution in [3.05, 3.63) is 15.6 Å². The van der Waals surface area contributed by atoms with Gasteiger partial charge in [0.1, 0.15) is 5.41 Å². The standard InChI is InChI=1S/C17H23N3OS/c1-12-13(2)22-15(19-12)14-6-5-9-20(10-14)16(21)17(11-18)7-3-4-8-17/h14H,3-10H2,1-2H3/t14-/m0/s1. The van der Waals surface area contributed by atoms with Crippen LogP contribution in [0.5, 0.6) is 0 Å². The van der Waals surface area contributed by atoms with Gasteiger partial charge in [-0.3, -0.25) is 4.79 Å². The summed E-state index contributed by atoms with van der Waals surface area (Å²) >= 11 is 1.76. The Kier molecular flexibility index (Phi) is 4.22. The monoisotopic (exact) mass is 317 g/mol. The minimum Gasteiger partial charge on any atom is -0.341 e. The Hall–Kier alpha value is -1.41. The smallest absolute Gasteiger partial charge is 0.243 e. The summed E-state index contributed by atoms with van der Waals surface area (Å²) < 4.78 is 0. The van der Waals surface area contributed by atoms with Crippen LogP contribution in [-0.2, 0) is 4.79 Å². The number of nitriles is 1. The van der Waals surface area contributed by atoms with Crippen LogP contribution in [0, 0.1) is 30.6 Å². The number of amides is 1. The van der Waals surface area contributed by atoms with Gasteiger partial charge in [-0.05, 0) is 39.5 Å². The van der Waals surface area contributed by atoms with E-state index in [0.29, 0.717) is 5.92 Å². The van der Waals surface area contributed by atoms with E-state index in [2.05, 4.69) is 18.0 Å². The fraction of sp³-hybridized carbons (Fsp3) is 0.706. The Balaban J connectivity index is 1.75. The lowest BCUT2D eigenvalue weighted by atomic mass is 9.85. The predicted octanol–water partition coefficient (Wildman–Crippen LogP) is 3.55. The van der Waals surface area contributed by atoms with Gasteiger partial charge in [-0.15, -0.1) is 11.3 Å². The molecule has 22 heavy (non-hydrogen) atoms. The third-order valence-corrected chi connectivity index (χ3v) is 6.42. The number of piperidine rings is 1. The van der Waals surface area contributed by atoms with E-state index in [1.54, 1.807) is 11.3 Å². The molecule has 1 saturated heterocycles. The highest BCUT2D eigenvalue weighted by atomic mass is 32.1. The average molecular weight is 317 g/mol. The summed E-state index contributed by atoms with van der Waals surface area (Å²) in [6.07, 6.45) is 5.58. The van der Waals surface area contributed by atoms with Crippen LogP contribution in [0.1, 0.15) is 60.0 Å². The molecule has 0 aromatic carbocycles. The number of rotatable bonds is 2. The van der Waals surface area contributed by atoms with Gasteiger partial charge in [-0.1, -0.05) is 12.8 Å². The summed E-state index contributed by atoms with van der Waals surface area (Å²) in [4.78, 5) is 20.8. The summed E-state index contributed by atoms with van der Waals surface area (Å²) in [6.45, 7) is 5.67. The first kappa shape index (κ1) is 15.5. The number of carbonyl (C=O) groups excluding carboxylic acids is 1. The zero-order valence-corrected chi connectivity index (χ0v) is 14.2. The second kappa shape index (κ2) is 6.00. The van der Waals surface area contributed by atoms with Crippen LogP contribution in [0.25, 0.3) is 0 Å². The zero-order chi connectivity index (χ0) is 15.7. The third-order valence-electron chi connectivity index (χ3n) is 5.18. The number of hydrogen-bond acceptors (Lipinski definition) is 4. The fourth-order valence-corrected chi connectivity index (χ4v) is 4.74. The van der Waals surface area contributed by atoms with Gasteiger partial charge in [0.25, 0.3) is 0 Å². The number of aryl methyl sites for hydroxylation is 2. The van der Waals surface area contributed by atoms with Crippen LogP contribution in [0.15, 0.2) is 0 Å². The molecule has 1 aromatic rings. The maximum absolute atomic E-state index is 12.9. The second-order valence-corrected chi connectivity index (χ2v) is 7.92. The maximum Gasteiger partial charge on any atom is 0.243 e. The molecule has 1 aliphatic heterocycles. The average Bonchev–Trinajstić information content (AvgIpc) is 3.15. The molecule has 1 amide bonds. The van der Waals surface area contributed by atoms with Gasteiger partial charge in [-0.25, -0.2) is 4.98 Å². The Bertz CT molecular complexity index is 590. The molecule has 1 aromatic heterocycles. The molecule has 0 unspecified atom stereocenters. The molecule has 1 aliphatic carbocycles. The van der Waals surface area contributed by atoms with Crippen LogP contribution < -0.4 is 0 Å². The maximum atomic E-state index is 12.9. The lowest BCUT2D eigenvalue weighted by molar-refractivity contribution is -0.140. The van der Waals surface area contributed by atoms with Crippen molar-refractivity contribution in [2.45, 2.75) is 58.3 Å². The van der Waals surface area contributed by atoms with E-state index in [1.807, 2.05) is 11.8 Å². The Morgan fingerprint density at radius 2 is 2.09 bits per heavy atom. The summed E-state index contributed by atoms with van der Waals surface area (Å²) in [7, 11) is 0. The molecule has 0 radical (unpaired) electrons. The molecule has 1 saturated carbocycles. The van der Waals surface area contributed by atoms with Crippen LogP contribution in [0.3, 0.4) is 0 Å². The van der Waals surface area contributed by atoms with Crippen molar-refractivity contribution >= 4 is 17.2 Å². The molecule has 3 rings (SSSR count). The number of thiazole rings is 1. The zero-order valence-electron chi connectivity index (χ0n) is 13.4. The van der Waals surface area contributed by atoms with Gasteiger partial charge < -0.3 is 4.90 Å². The highest BCUT2D eigenvalue weighted by Crippen LogP contribution is 2.41. The van der Waals surface area contributed by atoms with Crippen molar-refractivity contribution in [1.82, 2.24) is 9.88 Å². The van der Waals surface area contributed by atoms with Crippen molar-refractivity contribution in [3.63, 3.8) is 0 Å². The lowest BCUT2D eigenvalue weighted by Gasteiger charge is -2.35. The first-order valence-electron chi connectivity index (χ1n) is 8.20. The van der Waals surface area contributed by atoms with Gasteiger partial charge in [0.15, 0.2) is 0 Å². The van der Waals surface area contributed by atoms with Crippen molar-refractivity contribution < 1.29 is 4.79 Å². The molecule has 4 nitrogen and oxygen atoms in total. The number of aromatic nitrogens is 1. The van der Waals surface area contributed by atoms with Gasteiger partial charge in [0.2, 0.25) is 5.91 Å². The summed E-state index contributed by atoms with van der Waals surface area (Å²) in [5.74, 6) is 0.412. The Morgan fingerprint density at radius 1 is 1.36 bits per heavy atom. The Morgan fingerprint density at radius 3 is 2.68 bits per heavy atom. The third kappa shape index (κ3) is 2.65. The lowest BCUT2D eigenvalue weighted by Crippen LogP contribution is -2.46. The Labute approximate surface area is 136 Å². The van der Waals surface area contributed by atoms with E-state index in [1.165, 1.54) is 4.88 Å². The van der Waals surface area contributed by atoms with Gasteiger partial charge >= 0.3 is 0 Å². The number of nitrogens with zero attached hydrogens (tertiary/aromatic N) is 3. The van der Waals surface area contributed by atoms with Crippen molar-refractivity contribution in [2.24, 2.45) is 5.41 Å². The largest absolute Gasteiger partial charge is 0.341 e. The van der Waals surface area contributed by atoms with E-state index in [0.717, 1.165) is 62.3 Å². The summed E-state index contributed by atoms with van der Waals surface area (Å²) in [6, 6.07) is 2.34. The molecule has 2 heterocycles. The van der Waals surface area contributed by atoms with Crippen molar-refractivity contribution in [3.8, 4) is 6.07 Å². The predicted molar refractivity (Wildman–Crippen MR) is 86.7 cm³/mol. The van der Waals surface area contributed by atoms with Gasteiger partial charge in [0.05, 0.1) is 16.8 Å². The highest BCUT2D eigenvalue weighted by molar-refractivity contribution is 7.11. The minimum atomic E-state index is -0.739. The van der Waals surface area contributed by atoms with E-state index in [4.69, 9.17) is 0 Å². The molecule has 118 valence electrons. The molecule has 0 spiro atoms. The van der Waals surface area contributed by atoms with Crippen molar-refractivity contribution in [1.29, 1.82) is 5.26 Å². The van der Waals surface area contributed by atoms with E-state index in [-0.39, 0.29) is 5.91 Å². The molecular weight excluding hydrogens is 294 g/mol. The van der Waals surface area contributed by atoms with Crippen molar-refractivity contribution in [2.75, 3.05) is 13.1 Å². The normalized spacial score (nSPS) is 24.2. The van der Waals surface area contributed by atoms with Crippen LogP contribution in [-0.4, -0.2) is 28.9 Å². The number of likely N-dealkylation sites (tertiary alicyclic amines) is 1. The first-order chi connectivity index (χ1) is 10.6. The van der Waals surface area contributed by atoms with Crippen LogP contribution in [0.4, 0.5) is 0 Å². The van der Waals surface area contributed by atoms with E-state index < -0.39 is 5.41 Å². The first-order valence-corrected chi connectivity index (χ1v) is 9.02. The second-order valence-electron chi connectivity index (χ2n) is 6.69. The minimum absolute atomic E-state index is 0.0715. The molecule has 2 aliphatic rings. The molecule has 0 N–H and O–H groups in total. The van der Waals surface area contributed by atoms with Crippen LogP contribution in [0.2, 0.25) is 0 Å². The number of hydrogen-bond donors (Lipinski definition) is 0. The van der Waals surface area contributed by atoms with E-state index in [9.17, 15) is 10.1 Å². The molecule has 0 bridgehead atoms.